The number of phenols is 1. The number of carbonyl (C=O) groups is 3. The second kappa shape index (κ2) is 6.58. The Morgan fingerprint density at radius 3 is 2.80 bits per heavy atom. The summed E-state index contributed by atoms with van der Waals surface area (Å²) in [6.45, 7) is 0. The number of phenolic OH excluding ortho intramolecular Hbond substituents is 1. The summed E-state index contributed by atoms with van der Waals surface area (Å²) in [5, 5.41) is 20.7. The van der Waals surface area contributed by atoms with Crippen LogP contribution < -0.4 is 11.1 Å². The molecular weight excluding hydrogens is 370 g/mol. The van der Waals surface area contributed by atoms with Gasteiger partial charge in [0.2, 0.25) is 5.91 Å². The molecule has 1 saturated heterocycles. The van der Waals surface area contributed by atoms with E-state index in [9.17, 15) is 19.5 Å². The predicted molar refractivity (Wildman–Crippen MR) is 90.8 cm³/mol. The Balaban J connectivity index is 1.70. The highest BCUT2D eigenvalue weighted by Gasteiger charge is 2.52. The minimum absolute atomic E-state index is 0.0609. The zero-order valence-electron chi connectivity index (χ0n) is 12.7. The molecule has 0 bridgehead atoms. The van der Waals surface area contributed by atoms with E-state index in [1.165, 1.54) is 36.0 Å². The van der Waals surface area contributed by atoms with Gasteiger partial charge in [-0.3, -0.25) is 14.5 Å². The predicted octanol–water partition coefficient (Wildman–Crippen LogP) is 0.414. The van der Waals surface area contributed by atoms with Crippen LogP contribution in [-0.4, -0.2) is 50.1 Å². The lowest BCUT2D eigenvalue weighted by Gasteiger charge is -2.48. The van der Waals surface area contributed by atoms with Crippen molar-refractivity contribution in [1.29, 1.82) is 0 Å². The maximum absolute atomic E-state index is 12.3. The minimum Gasteiger partial charge on any atom is -0.506 e. The van der Waals surface area contributed by atoms with Gasteiger partial charge in [0.05, 0.1) is 5.02 Å². The van der Waals surface area contributed by atoms with Gasteiger partial charge in [0.1, 0.15) is 28.9 Å². The molecular formula is C15H14ClN3O5S. The highest BCUT2D eigenvalue weighted by Crippen LogP contribution is 2.37. The van der Waals surface area contributed by atoms with Crippen LogP contribution in [-0.2, 0) is 14.4 Å². The van der Waals surface area contributed by atoms with E-state index in [1.54, 1.807) is 0 Å². The van der Waals surface area contributed by atoms with Crippen molar-refractivity contribution in [3.05, 3.63) is 40.6 Å². The molecule has 5 N–H and O–H groups in total. The standard InChI is InChI=1S/C15H14ClN3O5S/c16-7-5-6(1-2-9(7)20)10(17)12(21)18-11-13(22)19-8(15(23)24)3-4-25-14(11)19/h1-3,5,10-11,14,20H,4,17H2,(H,18,21)(H,23,24)/t10-,11?,14-/m1/s1. The fourth-order valence-corrected chi connectivity index (χ4v) is 4.03. The van der Waals surface area contributed by atoms with Crippen molar-refractivity contribution in [2.75, 3.05) is 5.75 Å². The number of fused-ring (bicyclic) bond motifs is 1. The quantitative estimate of drug-likeness (QED) is 0.553. The van der Waals surface area contributed by atoms with E-state index in [2.05, 4.69) is 5.32 Å². The van der Waals surface area contributed by atoms with Crippen LogP contribution >= 0.6 is 23.4 Å². The zero-order valence-corrected chi connectivity index (χ0v) is 14.3. The minimum atomic E-state index is -1.18. The fourth-order valence-electron chi connectivity index (χ4n) is 2.65. The van der Waals surface area contributed by atoms with Crippen molar-refractivity contribution in [1.82, 2.24) is 10.2 Å². The monoisotopic (exact) mass is 383 g/mol. The smallest absolute Gasteiger partial charge is 0.352 e. The van der Waals surface area contributed by atoms with Gasteiger partial charge in [-0.2, -0.15) is 0 Å². The number of hydrogen-bond acceptors (Lipinski definition) is 6. The lowest BCUT2D eigenvalue weighted by Crippen LogP contribution is -2.70. The lowest BCUT2D eigenvalue weighted by molar-refractivity contribution is -0.150. The second-order valence-electron chi connectivity index (χ2n) is 5.50. The van der Waals surface area contributed by atoms with Crippen LogP contribution in [0.4, 0.5) is 0 Å². The van der Waals surface area contributed by atoms with E-state index in [0.29, 0.717) is 11.3 Å². The van der Waals surface area contributed by atoms with Gasteiger partial charge < -0.3 is 21.3 Å². The maximum Gasteiger partial charge on any atom is 0.352 e. The van der Waals surface area contributed by atoms with Crippen LogP contribution in [0.5, 0.6) is 5.75 Å². The first kappa shape index (κ1) is 17.6. The molecule has 2 heterocycles. The van der Waals surface area contributed by atoms with Crippen LogP contribution in [0.15, 0.2) is 30.0 Å². The van der Waals surface area contributed by atoms with Crippen LogP contribution in [0.2, 0.25) is 5.02 Å². The van der Waals surface area contributed by atoms with Crippen LogP contribution in [0.1, 0.15) is 11.6 Å². The molecule has 3 atom stereocenters. The molecule has 0 aliphatic carbocycles. The lowest BCUT2D eigenvalue weighted by atomic mass is 10.0. The number of aliphatic carboxylic acids is 1. The van der Waals surface area contributed by atoms with E-state index in [1.807, 2.05) is 0 Å². The molecule has 132 valence electrons. The molecule has 2 amide bonds. The maximum atomic E-state index is 12.3. The Labute approximate surface area is 151 Å². The summed E-state index contributed by atoms with van der Waals surface area (Å²) in [4.78, 5) is 36.8. The number of β-lactam (4-membered cyclic amide) rings is 1. The van der Waals surface area contributed by atoms with Crippen molar-refractivity contribution < 1.29 is 24.6 Å². The van der Waals surface area contributed by atoms with Gasteiger partial charge in [0.25, 0.3) is 5.91 Å². The first-order valence-electron chi connectivity index (χ1n) is 7.23. The van der Waals surface area contributed by atoms with Crippen molar-refractivity contribution >= 4 is 41.1 Å². The molecule has 10 heteroatoms. The van der Waals surface area contributed by atoms with Crippen molar-refractivity contribution in [2.24, 2.45) is 5.73 Å². The molecule has 2 aliphatic rings. The van der Waals surface area contributed by atoms with Crippen LogP contribution in [0.25, 0.3) is 0 Å². The van der Waals surface area contributed by atoms with Crippen molar-refractivity contribution in [3.63, 3.8) is 0 Å². The summed E-state index contributed by atoms with van der Waals surface area (Å²) in [7, 11) is 0. The number of benzene rings is 1. The summed E-state index contributed by atoms with van der Waals surface area (Å²) in [5.74, 6) is -1.96. The summed E-state index contributed by atoms with van der Waals surface area (Å²) in [6.07, 6.45) is 1.46. The van der Waals surface area contributed by atoms with Gasteiger partial charge in [0.15, 0.2) is 0 Å². The molecule has 1 fully saturated rings. The molecule has 0 aromatic heterocycles. The topological polar surface area (TPSA) is 133 Å². The molecule has 2 aliphatic heterocycles. The van der Waals surface area contributed by atoms with Gasteiger partial charge in [-0.1, -0.05) is 17.7 Å². The van der Waals surface area contributed by atoms with Crippen molar-refractivity contribution in [3.8, 4) is 5.75 Å². The average molecular weight is 384 g/mol. The number of nitrogens with one attached hydrogen (secondary N) is 1. The summed E-state index contributed by atoms with van der Waals surface area (Å²) < 4.78 is 0. The molecule has 1 aromatic rings. The molecule has 1 unspecified atom stereocenters. The molecule has 25 heavy (non-hydrogen) atoms. The number of carboxylic acid groups (broad SMARTS) is 1. The number of thioether (sulfide) groups is 1. The summed E-state index contributed by atoms with van der Waals surface area (Å²) >= 11 is 7.16. The van der Waals surface area contributed by atoms with E-state index in [0.717, 1.165) is 4.90 Å². The number of carboxylic acids is 1. The van der Waals surface area contributed by atoms with E-state index >= 15 is 0 Å². The van der Waals surface area contributed by atoms with Gasteiger partial charge >= 0.3 is 5.97 Å². The zero-order chi connectivity index (χ0) is 18.3. The third-order valence-corrected chi connectivity index (χ3v) is 5.46. The number of aromatic hydroxyl groups is 1. The first-order valence-corrected chi connectivity index (χ1v) is 8.66. The molecule has 1 aromatic carbocycles. The Morgan fingerprint density at radius 2 is 2.16 bits per heavy atom. The summed E-state index contributed by atoms with van der Waals surface area (Å²) in [5.41, 5.74) is 6.19. The molecule has 0 spiro atoms. The van der Waals surface area contributed by atoms with E-state index in [-0.39, 0.29) is 16.5 Å². The first-order chi connectivity index (χ1) is 11.8. The number of nitrogens with zero attached hydrogens (tertiary/aromatic N) is 1. The Morgan fingerprint density at radius 1 is 1.44 bits per heavy atom. The third-order valence-electron chi connectivity index (χ3n) is 3.98. The molecule has 0 radical (unpaired) electrons. The highest BCUT2D eigenvalue weighted by atomic mass is 35.5. The van der Waals surface area contributed by atoms with Crippen molar-refractivity contribution in [2.45, 2.75) is 17.5 Å². The number of amides is 2. The van der Waals surface area contributed by atoms with Gasteiger partial charge in [0, 0.05) is 5.75 Å². The Kier molecular flexibility index (Phi) is 4.63. The third kappa shape index (κ3) is 3.06. The number of carbonyl (C=O) groups excluding carboxylic acids is 2. The number of nitrogens with two attached hydrogens (primary N) is 1. The van der Waals surface area contributed by atoms with Gasteiger partial charge in [-0.25, -0.2) is 4.79 Å². The van der Waals surface area contributed by atoms with E-state index < -0.39 is 35.2 Å². The van der Waals surface area contributed by atoms with Crippen LogP contribution in [0, 0.1) is 0 Å². The number of rotatable bonds is 4. The Hall–Kier alpha value is -2.23. The largest absolute Gasteiger partial charge is 0.506 e. The second-order valence-corrected chi connectivity index (χ2v) is 7.06. The Bertz CT molecular complexity index is 799. The molecule has 8 nitrogen and oxygen atoms in total. The fraction of sp³-hybridized carbons (Fsp3) is 0.267. The average Bonchev–Trinajstić information content (AvgIpc) is 2.60. The van der Waals surface area contributed by atoms with E-state index in [4.69, 9.17) is 22.4 Å². The summed E-state index contributed by atoms with van der Waals surface area (Å²) in [6, 6.07) is 2.24. The van der Waals surface area contributed by atoms with Crippen LogP contribution in [0.3, 0.4) is 0 Å². The highest BCUT2D eigenvalue weighted by molar-refractivity contribution is 8.00. The number of halogens is 1. The van der Waals surface area contributed by atoms with Gasteiger partial charge in [-0.05, 0) is 23.8 Å². The normalized spacial score (nSPS) is 23.2. The SMILES string of the molecule is N[C@@H](C(=O)NC1C(=O)N2C(C(=O)O)=CCS[C@H]12)c1ccc(O)c(Cl)c1. The number of hydrogen-bond donors (Lipinski definition) is 4. The molecule has 0 saturated carbocycles. The van der Waals surface area contributed by atoms with Gasteiger partial charge in [-0.15, -0.1) is 11.8 Å². The molecule has 3 rings (SSSR count).